The lowest BCUT2D eigenvalue weighted by atomic mass is 9.87. The minimum Gasteiger partial charge on any atom is -0.504 e. The highest BCUT2D eigenvalue weighted by Gasteiger charge is 2.39. The molecule has 60 heavy (non-hydrogen) atoms. The maximum atomic E-state index is 12.1. The van der Waals surface area contributed by atoms with E-state index in [1.807, 2.05) is 12.1 Å². The van der Waals surface area contributed by atoms with E-state index >= 15 is 0 Å². The molecular weight excluding hydrogens is 743 g/mol. The lowest BCUT2D eigenvalue weighted by Crippen LogP contribution is -2.49. The van der Waals surface area contributed by atoms with Crippen molar-refractivity contribution in [3.63, 3.8) is 0 Å². The predicted molar refractivity (Wildman–Crippen MR) is 253 cm³/mol. The van der Waals surface area contributed by atoms with Crippen LogP contribution in [0.4, 0.5) is 0 Å². The van der Waals surface area contributed by atoms with Crippen molar-refractivity contribution in [3.05, 3.63) is 87.5 Å². The molecule has 0 radical (unpaired) electrons. The Kier molecular flexibility index (Phi) is 21.6. The van der Waals surface area contributed by atoms with Crippen LogP contribution in [0.3, 0.4) is 0 Å². The molecular formula is C53H81N3O4. The summed E-state index contributed by atoms with van der Waals surface area (Å²) in [5.74, 6) is 1.80. The third-order valence-corrected chi connectivity index (χ3v) is 12.0. The van der Waals surface area contributed by atoms with Crippen LogP contribution in [0, 0.1) is 27.7 Å². The Morgan fingerprint density at radius 1 is 0.617 bits per heavy atom. The summed E-state index contributed by atoms with van der Waals surface area (Å²) in [7, 11) is 0. The van der Waals surface area contributed by atoms with Crippen molar-refractivity contribution in [2.75, 3.05) is 13.2 Å². The molecule has 1 heterocycles. The van der Waals surface area contributed by atoms with Gasteiger partial charge < -0.3 is 25.0 Å². The van der Waals surface area contributed by atoms with Gasteiger partial charge in [-0.2, -0.15) is 0 Å². The summed E-state index contributed by atoms with van der Waals surface area (Å²) in [5, 5.41) is 26.2. The average Bonchev–Trinajstić information content (AvgIpc) is 3.21. The lowest BCUT2D eigenvalue weighted by molar-refractivity contribution is 0.117. The number of benzene rings is 3. The van der Waals surface area contributed by atoms with Gasteiger partial charge in [0.1, 0.15) is 12.4 Å². The van der Waals surface area contributed by atoms with E-state index in [0.29, 0.717) is 29.6 Å². The van der Waals surface area contributed by atoms with Crippen LogP contribution >= 0.6 is 0 Å². The number of aryl methyl sites for hydroxylation is 4. The van der Waals surface area contributed by atoms with Gasteiger partial charge in [0.15, 0.2) is 23.0 Å². The maximum Gasteiger partial charge on any atom is 0.204 e. The number of unbranched alkanes of at least 4 members (excludes halogenated alkanes) is 19. The average molecular weight is 824 g/mol. The number of aliphatic hydroxyl groups is 1. The number of amidine groups is 2. The van der Waals surface area contributed by atoms with E-state index in [9.17, 15) is 10.2 Å². The number of ether oxygens (including phenoxy) is 2. The molecule has 1 aliphatic rings. The number of hydrogen-bond acceptors (Lipinski definition) is 7. The topological polar surface area (TPSA) is 95.7 Å². The van der Waals surface area contributed by atoms with Crippen LogP contribution in [0.2, 0.25) is 0 Å². The van der Waals surface area contributed by atoms with E-state index in [2.05, 4.69) is 83.3 Å². The first-order valence-corrected chi connectivity index (χ1v) is 24.0. The van der Waals surface area contributed by atoms with Gasteiger partial charge in [0.05, 0.1) is 18.3 Å². The first-order chi connectivity index (χ1) is 29.1. The zero-order valence-electron chi connectivity index (χ0n) is 38.8. The number of hydrogen-bond donors (Lipinski definition) is 3. The summed E-state index contributed by atoms with van der Waals surface area (Å²) in [6.07, 6.45) is 26.4. The minimum atomic E-state index is -0.820. The number of nitrogens with zero attached hydrogens (tertiary/aromatic N) is 2. The highest BCUT2D eigenvalue weighted by Crippen LogP contribution is 2.42. The van der Waals surface area contributed by atoms with Gasteiger partial charge in [-0.3, -0.25) is 0 Å². The molecule has 2 unspecified atom stereocenters. The molecule has 0 spiro atoms. The zero-order valence-corrected chi connectivity index (χ0v) is 38.8. The number of aromatic hydroxyl groups is 1. The van der Waals surface area contributed by atoms with E-state index in [4.69, 9.17) is 19.5 Å². The normalized spacial score (nSPS) is 15.7. The van der Waals surface area contributed by atoms with Crippen molar-refractivity contribution in [3.8, 4) is 17.2 Å². The van der Waals surface area contributed by atoms with Gasteiger partial charge in [-0.05, 0) is 77.1 Å². The summed E-state index contributed by atoms with van der Waals surface area (Å²) in [5.41, 5.74) is 6.41. The second kappa shape index (κ2) is 26.5. The van der Waals surface area contributed by atoms with Gasteiger partial charge in [-0.15, -0.1) is 0 Å². The molecule has 3 N–H and O–H groups in total. The molecule has 332 valence electrons. The molecule has 0 fully saturated rings. The van der Waals surface area contributed by atoms with Crippen molar-refractivity contribution in [1.29, 1.82) is 0 Å². The highest BCUT2D eigenvalue weighted by molar-refractivity contribution is 6.15. The summed E-state index contributed by atoms with van der Waals surface area (Å²) < 4.78 is 12.4. The molecule has 0 saturated heterocycles. The quantitative estimate of drug-likeness (QED) is 0.0582. The number of nitrogens with one attached hydrogen (secondary N) is 1. The Morgan fingerprint density at radius 2 is 1.13 bits per heavy atom. The molecule has 0 aromatic heterocycles. The fourth-order valence-corrected chi connectivity index (χ4v) is 8.55. The van der Waals surface area contributed by atoms with Crippen LogP contribution in [0.25, 0.3) is 0 Å². The van der Waals surface area contributed by atoms with E-state index in [1.165, 1.54) is 120 Å². The fourth-order valence-electron chi connectivity index (χ4n) is 8.55. The molecule has 7 nitrogen and oxygen atoms in total. The largest absolute Gasteiger partial charge is 0.504 e. The minimum absolute atomic E-state index is 0.0201. The number of aliphatic hydroxyl groups excluding tert-OH is 1. The summed E-state index contributed by atoms with van der Waals surface area (Å²) >= 11 is 0. The summed E-state index contributed by atoms with van der Waals surface area (Å²) in [6, 6.07) is 16.8. The Hall–Kier alpha value is -3.84. The number of phenolic OH excluding ortho intramolecular Hbond substituents is 1. The first kappa shape index (κ1) is 48.8. The van der Waals surface area contributed by atoms with Crippen molar-refractivity contribution in [1.82, 2.24) is 5.32 Å². The number of aliphatic imine (C=N–C) groups is 2. The molecule has 2 atom stereocenters. The molecule has 1 aliphatic heterocycles. The summed E-state index contributed by atoms with van der Waals surface area (Å²) in [4.78, 5) is 10.8. The molecule has 4 rings (SSSR count). The molecule has 0 saturated carbocycles. The SMILES string of the molecule is CCCCCCCCCCCCCOc1ccc(C2=NC(c3ccc(C)cc3C)=NC(CCCCCCCCCCCC)(c3ccc(C)cc3C)N2)c(O)c1OCC(C)O. The van der Waals surface area contributed by atoms with Crippen LogP contribution in [0.5, 0.6) is 17.2 Å². The fraction of sp³-hybridized carbons (Fsp3) is 0.623. The second-order valence-electron chi connectivity index (χ2n) is 17.8. The monoisotopic (exact) mass is 824 g/mol. The lowest BCUT2D eigenvalue weighted by Gasteiger charge is -2.38. The van der Waals surface area contributed by atoms with Crippen molar-refractivity contribution in [2.24, 2.45) is 9.98 Å². The Morgan fingerprint density at radius 3 is 1.68 bits per heavy atom. The van der Waals surface area contributed by atoms with Crippen LogP contribution in [-0.4, -0.2) is 41.2 Å². The maximum absolute atomic E-state index is 12.1. The van der Waals surface area contributed by atoms with Gasteiger partial charge in [0.25, 0.3) is 0 Å². The van der Waals surface area contributed by atoms with E-state index < -0.39 is 11.8 Å². The highest BCUT2D eigenvalue weighted by atomic mass is 16.5. The van der Waals surface area contributed by atoms with Crippen molar-refractivity contribution >= 4 is 11.7 Å². The second-order valence-corrected chi connectivity index (χ2v) is 17.8. The molecule has 0 amide bonds. The van der Waals surface area contributed by atoms with Crippen LogP contribution in [-0.2, 0) is 5.66 Å². The molecule has 3 aromatic carbocycles. The Labute approximate surface area is 364 Å². The smallest absolute Gasteiger partial charge is 0.204 e. The van der Waals surface area contributed by atoms with Crippen LogP contribution < -0.4 is 14.8 Å². The van der Waals surface area contributed by atoms with E-state index in [-0.39, 0.29) is 18.1 Å². The standard InChI is InChI=1S/C53H81N3O4/c1-8-10-12-14-16-18-20-22-24-26-28-36-59-48-34-32-46(49(58)50(48)60-39-44(7)57)52-54-51(45-31-29-40(3)37-42(45)5)55-53(56-52,47-33-30-41(4)38-43(47)6)35-27-25-23-21-19-17-15-13-11-9-2/h29-34,37-38,44,57-58H,8-28,35-36,39H2,1-7H3,(H,54,55,56). The Bertz CT molecular complexity index is 1780. The van der Waals surface area contributed by atoms with E-state index in [1.54, 1.807) is 6.92 Å². The first-order valence-electron chi connectivity index (χ1n) is 24.0. The zero-order chi connectivity index (χ0) is 43.2. The van der Waals surface area contributed by atoms with Gasteiger partial charge in [0, 0.05) is 11.1 Å². The van der Waals surface area contributed by atoms with Gasteiger partial charge >= 0.3 is 0 Å². The third kappa shape index (κ3) is 15.6. The van der Waals surface area contributed by atoms with Gasteiger partial charge in [-0.1, -0.05) is 183 Å². The molecule has 3 aromatic rings. The van der Waals surface area contributed by atoms with Crippen LogP contribution in [0.1, 0.15) is 201 Å². The van der Waals surface area contributed by atoms with Gasteiger partial charge in [0.2, 0.25) is 5.75 Å². The van der Waals surface area contributed by atoms with Crippen molar-refractivity contribution in [2.45, 2.75) is 201 Å². The molecule has 0 aliphatic carbocycles. The van der Waals surface area contributed by atoms with E-state index in [0.717, 1.165) is 54.4 Å². The number of rotatable bonds is 30. The van der Waals surface area contributed by atoms with Gasteiger partial charge in [-0.25, -0.2) is 9.98 Å². The number of phenols is 1. The summed E-state index contributed by atoms with van der Waals surface area (Å²) in [6.45, 7) is 15.3. The third-order valence-electron chi connectivity index (χ3n) is 12.0. The van der Waals surface area contributed by atoms with Crippen LogP contribution in [0.15, 0.2) is 58.5 Å². The molecule has 0 bridgehead atoms. The predicted octanol–water partition coefficient (Wildman–Crippen LogP) is 14.0. The molecule has 7 heteroatoms. The van der Waals surface area contributed by atoms with Crippen molar-refractivity contribution < 1.29 is 19.7 Å². The Balaban J connectivity index is 1.60.